The van der Waals surface area contributed by atoms with E-state index in [0.717, 1.165) is 0 Å². The van der Waals surface area contributed by atoms with Crippen LogP contribution in [-0.2, 0) is 17.8 Å². The van der Waals surface area contributed by atoms with Crippen LogP contribution in [0.4, 0.5) is 8.78 Å². The summed E-state index contributed by atoms with van der Waals surface area (Å²) in [4.78, 5) is 16.1. The Morgan fingerprint density at radius 3 is 2.62 bits per heavy atom. The molecule has 0 saturated heterocycles. The van der Waals surface area contributed by atoms with Gasteiger partial charge < -0.3 is 29.3 Å². The summed E-state index contributed by atoms with van der Waals surface area (Å²) >= 11 is 0. The Morgan fingerprint density at radius 1 is 1.25 bits per heavy atom. The van der Waals surface area contributed by atoms with Gasteiger partial charge in [-0.25, -0.2) is 9.79 Å². The summed E-state index contributed by atoms with van der Waals surface area (Å²) in [6, 6.07) is 6.49. The minimum atomic E-state index is -2.98. The minimum Gasteiger partial charge on any atom is -0.490 e. The summed E-state index contributed by atoms with van der Waals surface area (Å²) in [6.45, 7) is 3.55. The van der Waals surface area contributed by atoms with Crippen LogP contribution in [-0.4, -0.2) is 38.8 Å². The molecule has 2 aromatic rings. The number of rotatable bonds is 10. The number of aryl methyl sites for hydroxylation is 1. The number of hydrogen-bond donors (Lipinski definition) is 2. The molecule has 0 spiro atoms. The SMILES string of the molecule is CCNC(=NCc1cccc(OCC)c1OC(F)F)NCc1cc(C(=O)OC)c(C)o1.I. The van der Waals surface area contributed by atoms with Gasteiger partial charge in [0.05, 0.1) is 26.8 Å². The van der Waals surface area contributed by atoms with Crippen molar-refractivity contribution < 1.29 is 32.2 Å². The highest BCUT2D eigenvalue weighted by Crippen LogP contribution is 2.33. The van der Waals surface area contributed by atoms with E-state index in [1.165, 1.54) is 7.11 Å². The topological polar surface area (TPSA) is 94.3 Å². The van der Waals surface area contributed by atoms with Crippen molar-refractivity contribution in [1.82, 2.24) is 10.6 Å². The number of hydrogen-bond acceptors (Lipinski definition) is 6. The Morgan fingerprint density at radius 2 is 2.00 bits per heavy atom. The van der Waals surface area contributed by atoms with Crippen LogP contribution in [0, 0.1) is 6.92 Å². The highest BCUT2D eigenvalue weighted by atomic mass is 127. The lowest BCUT2D eigenvalue weighted by Crippen LogP contribution is -2.36. The van der Waals surface area contributed by atoms with Crippen molar-refractivity contribution in [3.63, 3.8) is 0 Å². The zero-order valence-electron chi connectivity index (χ0n) is 18.4. The molecule has 0 amide bonds. The van der Waals surface area contributed by atoms with Crippen molar-refractivity contribution in [2.24, 2.45) is 4.99 Å². The molecule has 0 fully saturated rings. The predicted molar refractivity (Wildman–Crippen MR) is 126 cm³/mol. The van der Waals surface area contributed by atoms with E-state index >= 15 is 0 Å². The van der Waals surface area contributed by atoms with Crippen LogP contribution in [0.15, 0.2) is 33.7 Å². The number of aliphatic imine (C=N–C) groups is 1. The average molecular weight is 567 g/mol. The lowest BCUT2D eigenvalue weighted by molar-refractivity contribution is -0.0520. The Kier molecular flexibility index (Phi) is 11.8. The summed E-state index contributed by atoms with van der Waals surface area (Å²) in [5.41, 5.74) is 0.799. The fourth-order valence-electron chi connectivity index (χ4n) is 2.80. The first-order chi connectivity index (χ1) is 14.9. The van der Waals surface area contributed by atoms with E-state index in [2.05, 4.69) is 20.4 Å². The lowest BCUT2D eigenvalue weighted by Gasteiger charge is -2.15. The Labute approximate surface area is 202 Å². The molecule has 1 aromatic carbocycles. The molecule has 32 heavy (non-hydrogen) atoms. The number of benzene rings is 1. The molecule has 0 aliphatic rings. The smallest absolute Gasteiger partial charge is 0.387 e. The van der Waals surface area contributed by atoms with Gasteiger partial charge in [-0.2, -0.15) is 8.78 Å². The average Bonchev–Trinajstić information content (AvgIpc) is 3.11. The molecular formula is C21H28F2IN3O5. The zero-order chi connectivity index (χ0) is 22.8. The molecule has 2 N–H and O–H groups in total. The van der Waals surface area contributed by atoms with E-state index in [1.54, 1.807) is 38.1 Å². The van der Waals surface area contributed by atoms with Gasteiger partial charge in [0.2, 0.25) is 0 Å². The molecule has 178 valence electrons. The molecule has 0 bridgehead atoms. The first kappa shape index (κ1) is 27.5. The first-order valence-corrected chi connectivity index (χ1v) is 9.78. The van der Waals surface area contributed by atoms with Crippen molar-refractivity contribution in [1.29, 1.82) is 0 Å². The van der Waals surface area contributed by atoms with Crippen molar-refractivity contribution in [3.8, 4) is 11.5 Å². The maximum Gasteiger partial charge on any atom is 0.387 e. The van der Waals surface area contributed by atoms with Crippen LogP contribution >= 0.6 is 24.0 Å². The Balaban J connectivity index is 0.00000512. The van der Waals surface area contributed by atoms with E-state index in [0.29, 0.717) is 41.8 Å². The summed E-state index contributed by atoms with van der Waals surface area (Å²) in [5.74, 6) is 1.11. The molecule has 2 rings (SSSR count). The number of para-hydroxylation sites is 1. The van der Waals surface area contributed by atoms with Crippen LogP contribution in [0.3, 0.4) is 0 Å². The maximum atomic E-state index is 12.9. The number of methoxy groups -OCH3 is 1. The molecule has 0 saturated carbocycles. The third-order valence-electron chi connectivity index (χ3n) is 4.12. The van der Waals surface area contributed by atoms with Crippen LogP contribution in [0.1, 0.15) is 41.3 Å². The molecule has 0 radical (unpaired) electrons. The second-order valence-electron chi connectivity index (χ2n) is 6.28. The molecule has 8 nitrogen and oxygen atoms in total. The van der Waals surface area contributed by atoms with E-state index in [4.69, 9.17) is 13.9 Å². The van der Waals surface area contributed by atoms with Crippen LogP contribution in [0.25, 0.3) is 0 Å². The number of carbonyl (C=O) groups excluding carboxylic acids is 1. The number of halogens is 3. The monoisotopic (exact) mass is 567 g/mol. The van der Waals surface area contributed by atoms with Crippen molar-refractivity contribution in [2.75, 3.05) is 20.3 Å². The molecule has 0 unspecified atom stereocenters. The predicted octanol–water partition coefficient (Wildman–Crippen LogP) is 4.25. The highest BCUT2D eigenvalue weighted by molar-refractivity contribution is 14.0. The molecule has 1 aromatic heterocycles. The summed E-state index contributed by atoms with van der Waals surface area (Å²) in [5, 5.41) is 6.14. The van der Waals surface area contributed by atoms with Gasteiger partial charge in [0.25, 0.3) is 0 Å². The number of esters is 1. The third-order valence-corrected chi connectivity index (χ3v) is 4.12. The number of guanidine groups is 1. The van der Waals surface area contributed by atoms with Crippen molar-refractivity contribution >= 4 is 35.9 Å². The number of carbonyl (C=O) groups is 1. The second kappa shape index (κ2) is 13.8. The number of furan rings is 1. The fraction of sp³-hybridized carbons (Fsp3) is 0.429. The molecular weight excluding hydrogens is 539 g/mol. The van der Waals surface area contributed by atoms with Gasteiger partial charge >= 0.3 is 12.6 Å². The van der Waals surface area contributed by atoms with Crippen molar-refractivity contribution in [3.05, 3.63) is 46.9 Å². The van der Waals surface area contributed by atoms with Crippen LogP contribution in [0.2, 0.25) is 0 Å². The van der Waals surface area contributed by atoms with E-state index < -0.39 is 12.6 Å². The number of nitrogens with zero attached hydrogens (tertiary/aromatic N) is 1. The van der Waals surface area contributed by atoms with Crippen LogP contribution in [0.5, 0.6) is 11.5 Å². The van der Waals surface area contributed by atoms with Gasteiger partial charge in [-0.1, -0.05) is 12.1 Å². The van der Waals surface area contributed by atoms with Gasteiger partial charge in [-0.3, -0.25) is 0 Å². The summed E-state index contributed by atoms with van der Waals surface area (Å²) in [7, 11) is 1.30. The van der Waals surface area contributed by atoms with E-state index in [9.17, 15) is 13.6 Å². The number of ether oxygens (including phenoxy) is 3. The van der Waals surface area contributed by atoms with Crippen LogP contribution < -0.4 is 20.1 Å². The fourth-order valence-corrected chi connectivity index (χ4v) is 2.80. The largest absolute Gasteiger partial charge is 0.490 e. The quantitative estimate of drug-likeness (QED) is 0.192. The molecule has 0 aliphatic heterocycles. The first-order valence-electron chi connectivity index (χ1n) is 9.78. The third kappa shape index (κ3) is 7.84. The normalized spacial score (nSPS) is 11.0. The molecule has 0 aliphatic carbocycles. The van der Waals surface area contributed by atoms with Crippen molar-refractivity contribution in [2.45, 2.75) is 40.5 Å². The van der Waals surface area contributed by atoms with Gasteiger partial charge in [0.1, 0.15) is 17.1 Å². The highest BCUT2D eigenvalue weighted by Gasteiger charge is 2.17. The standard InChI is InChI=1S/C21H27F2N3O5.HI/c1-5-24-21(26-12-15-10-16(13(3)30-15)19(27)28-4)25-11-14-8-7-9-17(29-6-2)18(14)31-20(22)23;/h7-10,20H,5-6,11-12H2,1-4H3,(H2,24,25,26);1H. The molecule has 11 heteroatoms. The summed E-state index contributed by atoms with van der Waals surface area (Å²) in [6.07, 6.45) is 0. The van der Waals surface area contributed by atoms with E-state index in [1.807, 2.05) is 6.92 Å². The maximum absolute atomic E-state index is 12.9. The summed E-state index contributed by atoms with van der Waals surface area (Å²) < 4.78 is 46.1. The van der Waals surface area contributed by atoms with E-state index in [-0.39, 0.29) is 48.6 Å². The van der Waals surface area contributed by atoms with Gasteiger partial charge in [-0.05, 0) is 32.9 Å². The number of nitrogens with one attached hydrogen (secondary N) is 2. The van der Waals surface area contributed by atoms with Gasteiger partial charge in [-0.15, -0.1) is 24.0 Å². The minimum absolute atomic E-state index is 0. The van der Waals surface area contributed by atoms with Gasteiger partial charge in [0.15, 0.2) is 17.5 Å². The van der Waals surface area contributed by atoms with Gasteiger partial charge in [0, 0.05) is 12.1 Å². The Bertz CT molecular complexity index is 906. The molecule has 0 atom stereocenters. The zero-order valence-corrected chi connectivity index (χ0v) is 20.7. The Hall–Kier alpha value is -2.57. The number of alkyl halides is 2. The lowest BCUT2D eigenvalue weighted by atomic mass is 10.2. The molecule has 1 heterocycles. The second-order valence-corrected chi connectivity index (χ2v) is 6.28.